The molecule has 0 bridgehead atoms. The highest BCUT2D eigenvalue weighted by molar-refractivity contribution is 7.17. The van der Waals surface area contributed by atoms with Crippen molar-refractivity contribution in [3.05, 3.63) is 57.5 Å². The molecule has 24 heavy (non-hydrogen) atoms. The van der Waals surface area contributed by atoms with Gasteiger partial charge in [0.2, 0.25) is 0 Å². The van der Waals surface area contributed by atoms with E-state index in [-0.39, 0.29) is 5.56 Å². The van der Waals surface area contributed by atoms with E-state index >= 15 is 0 Å². The molecule has 0 N–H and O–H groups in total. The van der Waals surface area contributed by atoms with E-state index in [1.165, 1.54) is 16.0 Å². The van der Waals surface area contributed by atoms with Gasteiger partial charge in [0.15, 0.2) is 5.65 Å². The van der Waals surface area contributed by atoms with E-state index in [0.29, 0.717) is 18.6 Å². The molecule has 0 atom stereocenters. The van der Waals surface area contributed by atoms with Gasteiger partial charge in [-0.25, -0.2) is 9.67 Å². The van der Waals surface area contributed by atoms with E-state index in [9.17, 15) is 4.79 Å². The summed E-state index contributed by atoms with van der Waals surface area (Å²) in [6.07, 6.45) is 1.76. The maximum absolute atomic E-state index is 12.9. The van der Waals surface area contributed by atoms with Gasteiger partial charge in [0, 0.05) is 12.4 Å². The van der Waals surface area contributed by atoms with Crippen LogP contribution in [0.15, 0.2) is 45.8 Å². The number of thiazole rings is 1. The second kappa shape index (κ2) is 5.68. The van der Waals surface area contributed by atoms with Crippen LogP contribution in [0.4, 0.5) is 0 Å². The minimum absolute atomic E-state index is 0.104. The third-order valence-corrected chi connectivity index (χ3v) is 4.93. The standard InChI is InChI=1S/C17H15N5OS/c1-18-7-11-4-3-5-12(6-11)9-22-17(23)14-13(8-20-22)15-16(21(14)2)19-10-24-15/h3-6,8,10H,1,7,9H2,2H3. The Morgan fingerprint density at radius 1 is 1.33 bits per heavy atom. The summed E-state index contributed by atoms with van der Waals surface area (Å²) < 4.78 is 4.34. The van der Waals surface area contributed by atoms with Crippen molar-refractivity contribution in [1.82, 2.24) is 19.3 Å². The van der Waals surface area contributed by atoms with Crippen LogP contribution >= 0.6 is 11.3 Å². The molecule has 4 rings (SSSR count). The lowest BCUT2D eigenvalue weighted by Gasteiger charge is -2.07. The maximum Gasteiger partial charge on any atom is 0.291 e. The van der Waals surface area contributed by atoms with Crippen molar-refractivity contribution in [2.24, 2.45) is 12.0 Å². The van der Waals surface area contributed by atoms with Gasteiger partial charge < -0.3 is 4.57 Å². The molecule has 0 saturated carbocycles. The summed E-state index contributed by atoms with van der Waals surface area (Å²) in [7, 11) is 1.87. The van der Waals surface area contributed by atoms with Gasteiger partial charge in [0.05, 0.1) is 29.5 Å². The molecule has 120 valence electrons. The van der Waals surface area contributed by atoms with Crippen LogP contribution in [0, 0.1) is 0 Å². The zero-order chi connectivity index (χ0) is 16.7. The molecule has 1 aromatic carbocycles. The van der Waals surface area contributed by atoms with Crippen LogP contribution in [-0.4, -0.2) is 26.0 Å². The van der Waals surface area contributed by atoms with Gasteiger partial charge in [-0.1, -0.05) is 24.3 Å². The topological polar surface area (TPSA) is 65.1 Å². The lowest BCUT2D eigenvalue weighted by atomic mass is 10.1. The van der Waals surface area contributed by atoms with Crippen LogP contribution in [0.25, 0.3) is 21.3 Å². The van der Waals surface area contributed by atoms with E-state index in [2.05, 4.69) is 21.8 Å². The fourth-order valence-corrected chi connectivity index (χ4v) is 3.81. The van der Waals surface area contributed by atoms with Crippen molar-refractivity contribution in [3.63, 3.8) is 0 Å². The zero-order valence-corrected chi connectivity index (χ0v) is 14.0. The van der Waals surface area contributed by atoms with E-state index in [1.54, 1.807) is 11.7 Å². The third-order valence-electron chi connectivity index (χ3n) is 4.08. The molecule has 0 spiro atoms. The Morgan fingerprint density at radius 3 is 3.00 bits per heavy atom. The Kier molecular flexibility index (Phi) is 3.50. The van der Waals surface area contributed by atoms with Crippen LogP contribution in [-0.2, 0) is 20.1 Å². The first-order chi connectivity index (χ1) is 11.7. The van der Waals surface area contributed by atoms with Crippen LogP contribution in [0.1, 0.15) is 11.1 Å². The van der Waals surface area contributed by atoms with Crippen molar-refractivity contribution in [2.45, 2.75) is 13.1 Å². The summed E-state index contributed by atoms with van der Waals surface area (Å²) in [5.41, 5.74) is 5.23. The number of aliphatic imine (C=N–C) groups is 1. The van der Waals surface area contributed by atoms with Crippen LogP contribution in [0.5, 0.6) is 0 Å². The summed E-state index contributed by atoms with van der Waals surface area (Å²) in [6, 6.07) is 7.96. The Hall–Kier alpha value is -2.80. The first-order valence-electron chi connectivity index (χ1n) is 7.47. The highest BCUT2D eigenvalue weighted by Gasteiger charge is 2.15. The molecule has 0 saturated heterocycles. The lowest BCUT2D eigenvalue weighted by Crippen LogP contribution is -2.24. The van der Waals surface area contributed by atoms with Gasteiger partial charge in [-0.3, -0.25) is 9.79 Å². The van der Waals surface area contributed by atoms with Crippen molar-refractivity contribution < 1.29 is 0 Å². The average Bonchev–Trinajstić information content (AvgIpc) is 3.15. The van der Waals surface area contributed by atoms with Gasteiger partial charge >= 0.3 is 0 Å². The number of aryl methyl sites for hydroxylation is 1. The van der Waals surface area contributed by atoms with E-state index in [1.807, 2.05) is 35.9 Å². The van der Waals surface area contributed by atoms with E-state index in [0.717, 1.165) is 26.9 Å². The second-order valence-electron chi connectivity index (χ2n) is 5.64. The molecule has 0 fully saturated rings. The van der Waals surface area contributed by atoms with Crippen molar-refractivity contribution in [3.8, 4) is 0 Å². The number of hydrogen-bond acceptors (Lipinski definition) is 5. The Bertz CT molecular complexity index is 1120. The van der Waals surface area contributed by atoms with E-state index < -0.39 is 0 Å². The number of aromatic nitrogens is 4. The molecule has 6 nitrogen and oxygen atoms in total. The molecule has 0 aliphatic carbocycles. The molecule has 3 heterocycles. The number of hydrogen-bond donors (Lipinski definition) is 0. The number of benzene rings is 1. The molecule has 7 heteroatoms. The minimum atomic E-state index is -0.104. The Labute approximate surface area is 141 Å². The molecular weight excluding hydrogens is 322 g/mol. The minimum Gasteiger partial charge on any atom is -0.323 e. The van der Waals surface area contributed by atoms with Gasteiger partial charge in [-0.2, -0.15) is 5.10 Å². The molecule has 0 aliphatic rings. The second-order valence-corrected chi connectivity index (χ2v) is 6.49. The van der Waals surface area contributed by atoms with Gasteiger partial charge in [-0.05, 0) is 17.8 Å². The summed E-state index contributed by atoms with van der Waals surface area (Å²) in [5.74, 6) is 0. The average molecular weight is 337 g/mol. The number of rotatable bonds is 4. The first-order valence-corrected chi connectivity index (χ1v) is 8.35. The third kappa shape index (κ3) is 2.25. The molecule has 0 radical (unpaired) electrons. The first kappa shape index (κ1) is 14.8. The van der Waals surface area contributed by atoms with Gasteiger partial charge in [-0.15, -0.1) is 11.3 Å². The SMILES string of the molecule is C=NCc1cccc(Cn2ncc3c4scnc4n(C)c3c2=O)c1. The van der Waals surface area contributed by atoms with Crippen LogP contribution < -0.4 is 5.56 Å². The Balaban J connectivity index is 1.81. The van der Waals surface area contributed by atoms with Gasteiger partial charge in [0.1, 0.15) is 5.52 Å². The molecular formula is C17H15N5OS. The number of nitrogens with zero attached hydrogens (tertiary/aromatic N) is 5. The zero-order valence-electron chi connectivity index (χ0n) is 13.1. The highest BCUT2D eigenvalue weighted by atomic mass is 32.1. The summed E-state index contributed by atoms with van der Waals surface area (Å²) in [4.78, 5) is 21.1. The highest BCUT2D eigenvalue weighted by Crippen LogP contribution is 2.27. The van der Waals surface area contributed by atoms with Gasteiger partial charge in [0.25, 0.3) is 5.56 Å². The summed E-state index contributed by atoms with van der Waals surface area (Å²) >= 11 is 1.53. The van der Waals surface area contributed by atoms with Crippen LogP contribution in [0.2, 0.25) is 0 Å². The summed E-state index contributed by atoms with van der Waals surface area (Å²) in [5, 5.41) is 5.22. The number of fused-ring (bicyclic) bond motifs is 3. The quantitative estimate of drug-likeness (QED) is 0.538. The predicted octanol–water partition coefficient (Wildman–Crippen LogP) is 2.59. The van der Waals surface area contributed by atoms with Crippen molar-refractivity contribution in [2.75, 3.05) is 0 Å². The molecule has 3 aromatic heterocycles. The van der Waals surface area contributed by atoms with Crippen molar-refractivity contribution >= 4 is 39.3 Å². The monoisotopic (exact) mass is 337 g/mol. The molecule has 0 aliphatic heterocycles. The largest absolute Gasteiger partial charge is 0.323 e. The lowest BCUT2D eigenvalue weighted by molar-refractivity contribution is 0.643. The molecule has 0 unspecified atom stereocenters. The molecule has 0 amide bonds. The smallest absolute Gasteiger partial charge is 0.291 e. The van der Waals surface area contributed by atoms with Crippen LogP contribution in [0.3, 0.4) is 0 Å². The normalized spacial score (nSPS) is 11.4. The summed E-state index contributed by atoms with van der Waals surface area (Å²) in [6.45, 7) is 4.51. The molecule has 4 aromatic rings. The van der Waals surface area contributed by atoms with E-state index in [4.69, 9.17) is 0 Å². The maximum atomic E-state index is 12.9. The fraction of sp³-hybridized carbons (Fsp3) is 0.176. The predicted molar refractivity (Wildman–Crippen MR) is 96.9 cm³/mol. The van der Waals surface area contributed by atoms with Crippen molar-refractivity contribution in [1.29, 1.82) is 0 Å². The fourth-order valence-electron chi connectivity index (χ4n) is 2.98. The Morgan fingerprint density at radius 2 is 2.17 bits per heavy atom.